The summed E-state index contributed by atoms with van der Waals surface area (Å²) in [5.41, 5.74) is 1.79. The van der Waals surface area contributed by atoms with E-state index in [1.807, 2.05) is 16.8 Å². The Hall–Kier alpha value is -2.74. The number of benzene rings is 1. The summed E-state index contributed by atoms with van der Waals surface area (Å²) >= 11 is 1.58. The maximum absolute atomic E-state index is 12.9. The van der Waals surface area contributed by atoms with E-state index in [2.05, 4.69) is 15.5 Å². The summed E-state index contributed by atoms with van der Waals surface area (Å²) in [6.07, 6.45) is 0. The zero-order chi connectivity index (χ0) is 17.2. The second-order valence-corrected chi connectivity index (χ2v) is 6.64. The third-order valence-electron chi connectivity index (χ3n) is 4.10. The monoisotopic (exact) mass is 358 g/mol. The van der Waals surface area contributed by atoms with E-state index in [4.69, 9.17) is 4.52 Å². The van der Waals surface area contributed by atoms with Gasteiger partial charge in [-0.2, -0.15) is 16.3 Å². The van der Waals surface area contributed by atoms with Gasteiger partial charge in [0, 0.05) is 30.6 Å². The Morgan fingerprint density at radius 1 is 1.32 bits per heavy atom. The number of hydrogen-bond acceptors (Lipinski definition) is 5. The average molecular weight is 358 g/mol. The van der Waals surface area contributed by atoms with E-state index in [0.717, 1.165) is 11.1 Å². The van der Waals surface area contributed by atoms with Gasteiger partial charge in [0.2, 0.25) is 11.7 Å². The average Bonchev–Trinajstić information content (AvgIpc) is 3.24. The molecule has 0 aliphatic carbocycles. The third-order valence-corrected chi connectivity index (χ3v) is 4.78. The number of carbonyl (C=O) groups is 1. The number of aromatic nitrogens is 2. The number of urea groups is 1. The van der Waals surface area contributed by atoms with E-state index in [9.17, 15) is 9.18 Å². The lowest BCUT2D eigenvalue weighted by atomic mass is 10.0. The molecule has 1 aliphatic heterocycles. The van der Waals surface area contributed by atoms with E-state index in [0.29, 0.717) is 31.3 Å². The highest BCUT2D eigenvalue weighted by Gasteiger charge is 2.35. The van der Waals surface area contributed by atoms with Gasteiger partial charge in [0.25, 0.3) is 0 Å². The molecule has 0 unspecified atom stereocenters. The SMILES string of the molecule is O=C(NCc1ccc(F)cc1)N1CC(c2nc(-c3ccsc3)no2)C1. The van der Waals surface area contributed by atoms with Crippen molar-refractivity contribution < 1.29 is 13.7 Å². The van der Waals surface area contributed by atoms with E-state index in [1.165, 1.54) is 12.1 Å². The molecule has 0 bridgehead atoms. The first-order valence-electron chi connectivity index (χ1n) is 7.82. The van der Waals surface area contributed by atoms with Crippen molar-refractivity contribution in [2.75, 3.05) is 13.1 Å². The fourth-order valence-electron chi connectivity index (χ4n) is 2.60. The number of thiophene rings is 1. The Morgan fingerprint density at radius 2 is 2.12 bits per heavy atom. The molecule has 0 spiro atoms. The third kappa shape index (κ3) is 3.39. The lowest BCUT2D eigenvalue weighted by molar-refractivity contribution is 0.136. The van der Waals surface area contributed by atoms with Crippen molar-refractivity contribution in [1.82, 2.24) is 20.4 Å². The lowest BCUT2D eigenvalue weighted by Crippen LogP contribution is -2.52. The molecule has 128 valence electrons. The van der Waals surface area contributed by atoms with Crippen molar-refractivity contribution in [2.45, 2.75) is 12.5 Å². The maximum atomic E-state index is 12.9. The van der Waals surface area contributed by atoms with Crippen molar-refractivity contribution >= 4 is 17.4 Å². The minimum absolute atomic E-state index is 0.0662. The number of amides is 2. The summed E-state index contributed by atoms with van der Waals surface area (Å²) in [7, 11) is 0. The number of hydrogen-bond donors (Lipinski definition) is 1. The van der Waals surface area contributed by atoms with Gasteiger partial charge >= 0.3 is 6.03 Å². The molecule has 3 heterocycles. The van der Waals surface area contributed by atoms with Crippen LogP contribution in [-0.4, -0.2) is 34.2 Å². The summed E-state index contributed by atoms with van der Waals surface area (Å²) < 4.78 is 18.2. The number of carbonyl (C=O) groups excluding carboxylic acids is 1. The molecule has 6 nitrogen and oxygen atoms in total. The lowest BCUT2D eigenvalue weighted by Gasteiger charge is -2.36. The zero-order valence-electron chi connectivity index (χ0n) is 13.2. The van der Waals surface area contributed by atoms with Crippen molar-refractivity contribution in [1.29, 1.82) is 0 Å². The molecule has 2 aromatic heterocycles. The highest BCUT2D eigenvalue weighted by Crippen LogP contribution is 2.28. The molecular weight excluding hydrogens is 343 g/mol. The molecule has 1 fully saturated rings. The second kappa shape index (κ2) is 6.64. The molecule has 0 atom stereocenters. The van der Waals surface area contributed by atoms with E-state index >= 15 is 0 Å². The summed E-state index contributed by atoms with van der Waals surface area (Å²) in [6.45, 7) is 1.45. The Bertz CT molecular complexity index is 857. The highest BCUT2D eigenvalue weighted by atomic mass is 32.1. The van der Waals surface area contributed by atoms with Gasteiger partial charge in [0.05, 0.1) is 5.92 Å². The highest BCUT2D eigenvalue weighted by molar-refractivity contribution is 7.08. The summed E-state index contributed by atoms with van der Waals surface area (Å²) in [6, 6.07) is 7.84. The van der Waals surface area contributed by atoms with Crippen LogP contribution in [0.2, 0.25) is 0 Å². The number of rotatable bonds is 4. The molecule has 8 heteroatoms. The van der Waals surface area contributed by atoms with Crippen LogP contribution in [0.15, 0.2) is 45.6 Å². The standard InChI is InChI=1S/C17H15FN4O2S/c18-14-3-1-11(2-4-14)7-19-17(23)22-8-13(9-22)16-20-15(21-24-16)12-5-6-25-10-12/h1-6,10,13H,7-9H2,(H,19,23). The van der Waals surface area contributed by atoms with Crippen molar-refractivity contribution in [2.24, 2.45) is 0 Å². The Morgan fingerprint density at radius 3 is 2.84 bits per heavy atom. The molecule has 1 saturated heterocycles. The summed E-state index contributed by atoms with van der Waals surface area (Å²) in [4.78, 5) is 18.2. The van der Waals surface area contributed by atoms with Gasteiger partial charge in [-0.05, 0) is 29.1 Å². The summed E-state index contributed by atoms with van der Waals surface area (Å²) in [5.74, 6) is 0.915. The summed E-state index contributed by atoms with van der Waals surface area (Å²) in [5, 5.41) is 10.7. The molecule has 0 radical (unpaired) electrons. The van der Waals surface area contributed by atoms with Gasteiger partial charge in [-0.15, -0.1) is 0 Å². The van der Waals surface area contributed by atoms with Gasteiger partial charge in [0.1, 0.15) is 5.82 Å². The van der Waals surface area contributed by atoms with Gasteiger partial charge in [-0.3, -0.25) is 0 Å². The quantitative estimate of drug-likeness (QED) is 0.777. The number of halogens is 1. The normalized spacial score (nSPS) is 14.4. The molecule has 0 saturated carbocycles. The molecule has 4 rings (SSSR count). The second-order valence-electron chi connectivity index (χ2n) is 5.86. The van der Waals surface area contributed by atoms with Crippen LogP contribution >= 0.6 is 11.3 Å². The molecule has 3 aromatic rings. The van der Waals surface area contributed by atoms with Crippen LogP contribution in [0, 0.1) is 5.82 Å². The Balaban J connectivity index is 1.28. The predicted octanol–water partition coefficient (Wildman–Crippen LogP) is 3.25. The molecule has 1 aliphatic rings. The Labute approximate surface area is 147 Å². The van der Waals surface area contributed by atoms with Crippen LogP contribution < -0.4 is 5.32 Å². The minimum Gasteiger partial charge on any atom is -0.339 e. The fraction of sp³-hybridized carbons (Fsp3) is 0.235. The van der Waals surface area contributed by atoms with Gasteiger partial charge in [-0.25, -0.2) is 9.18 Å². The van der Waals surface area contributed by atoms with Crippen LogP contribution in [0.25, 0.3) is 11.4 Å². The Kier molecular flexibility index (Phi) is 4.19. The van der Waals surface area contributed by atoms with E-state index in [-0.39, 0.29) is 17.8 Å². The number of nitrogens with zero attached hydrogens (tertiary/aromatic N) is 3. The van der Waals surface area contributed by atoms with Crippen LogP contribution in [0.3, 0.4) is 0 Å². The minimum atomic E-state index is -0.290. The van der Waals surface area contributed by atoms with Crippen LogP contribution in [0.4, 0.5) is 9.18 Å². The van der Waals surface area contributed by atoms with Crippen LogP contribution in [-0.2, 0) is 6.54 Å². The maximum Gasteiger partial charge on any atom is 0.317 e. The topological polar surface area (TPSA) is 71.3 Å². The molecule has 1 aromatic carbocycles. The van der Waals surface area contributed by atoms with Gasteiger partial charge in [-0.1, -0.05) is 17.3 Å². The molecule has 25 heavy (non-hydrogen) atoms. The van der Waals surface area contributed by atoms with E-state index in [1.54, 1.807) is 28.4 Å². The largest absolute Gasteiger partial charge is 0.339 e. The van der Waals surface area contributed by atoms with E-state index < -0.39 is 0 Å². The van der Waals surface area contributed by atoms with Crippen molar-refractivity contribution in [3.8, 4) is 11.4 Å². The smallest absolute Gasteiger partial charge is 0.317 e. The first-order chi connectivity index (χ1) is 12.2. The molecular formula is C17H15FN4O2S. The number of likely N-dealkylation sites (tertiary alicyclic amines) is 1. The van der Waals surface area contributed by atoms with Crippen LogP contribution in [0.5, 0.6) is 0 Å². The van der Waals surface area contributed by atoms with Crippen molar-refractivity contribution in [3.63, 3.8) is 0 Å². The fourth-order valence-corrected chi connectivity index (χ4v) is 3.24. The molecule has 2 amide bonds. The first-order valence-corrected chi connectivity index (χ1v) is 8.77. The molecule has 1 N–H and O–H groups in total. The van der Waals surface area contributed by atoms with Gasteiger partial charge in [0.15, 0.2) is 0 Å². The van der Waals surface area contributed by atoms with Gasteiger partial charge < -0.3 is 14.7 Å². The predicted molar refractivity (Wildman–Crippen MR) is 90.6 cm³/mol. The van der Waals surface area contributed by atoms with Crippen molar-refractivity contribution in [3.05, 3.63) is 58.4 Å². The number of nitrogens with one attached hydrogen (secondary N) is 1. The first kappa shape index (κ1) is 15.8. The van der Waals surface area contributed by atoms with Crippen LogP contribution in [0.1, 0.15) is 17.4 Å². The zero-order valence-corrected chi connectivity index (χ0v) is 14.0.